The Kier molecular flexibility index (Phi) is 8.56. The van der Waals surface area contributed by atoms with Crippen molar-refractivity contribution in [3.05, 3.63) is 59.2 Å². The predicted molar refractivity (Wildman–Crippen MR) is 142 cm³/mol. The minimum Gasteiger partial charge on any atom is -0.478 e. The van der Waals surface area contributed by atoms with E-state index in [1.165, 1.54) is 16.5 Å². The number of hydrogen-bond acceptors (Lipinski definition) is 5. The Hall–Kier alpha value is -3.19. The molecule has 7 heteroatoms. The van der Waals surface area contributed by atoms with Crippen molar-refractivity contribution < 1.29 is 24.6 Å². The summed E-state index contributed by atoms with van der Waals surface area (Å²) in [6.07, 6.45) is 5.13. The molecule has 2 aromatic rings. The van der Waals surface area contributed by atoms with Gasteiger partial charge >= 0.3 is 5.97 Å². The lowest BCUT2D eigenvalue weighted by molar-refractivity contribution is -0.113. The molecule has 194 valence electrons. The van der Waals surface area contributed by atoms with Crippen LogP contribution in [0.1, 0.15) is 94.6 Å². The van der Waals surface area contributed by atoms with E-state index in [2.05, 4.69) is 39.8 Å². The molecule has 0 fully saturated rings. The monoisotopic (exact) mass is 494 g/mol. The number of aromatic carboxylic acids is 1. The van der Waals surface area contributed by atoms with Gasteiger partial charge in [0.2, 0.25) is 6.29 Å². The molecular weight excluding hydrogens is 456 g/mol. The molecule has 0 spiro atoms. The zero-order valence-electron chi connectivity index (χ0n) is 22.0. The van der Waals surface area contributed by atoms with E-state index in [0.29, 0.717) is 12.1 Å². The van der Waals surface area contributed by atoms with E-state index in [1.807, 2.05) is 18.2 Å². The van der Waals surface area contributed by atoms with Gasteiger partial charge in [0.05, 0.1) is 11.3 Å². The van der Waals surface area contributed by atoms with Crippen LogP contribution in [0.15, 0.2) is 47.6 Å². The summed E-state index contributed by atoms with van der Waals surface area (Å²) < 4.78 is 0. The van der Waals surface area contributed by atoms with Gasteiger partial charge in [-0.25, -0.2) is 4.79 Å². The number of unbranched alkanes of at least 4 members (excludes halogenated alkanes) is 2. The summed E-state index contributed by atoms with van der Waals surface area (Å²) >= 11 is 0. The molecule has 0 aliphatic heterocycles. The van der Waals surface area contributed by atoms with Crippen LogP contribution in [-0.4, -0.2) is 34.6 Å². The van der Waals surface area contributed by atoms with Crippen LogP contribution in [0.3, 0.4) is 0 Å². The van der Waals surface area contributed by atoms with Crippen LogP contribution < -0.4 is 4.90 Å². The number of amides is 1. The third kappa shape index (κ3) is 6.13. The summed E-state index contributed by atoms with van der Waals surface area (Å²) in [7, 11) is 0. The number of hydrogen-bond donors (Lipinski definition) is 2. The first-order chi connectivity index (χ1) is 17.0. The molecule has 1 unspecified atom stereocenters. The summed E-state index contributed by atoms with van der Waals surface area (Å²) in [5.41, 5.74) is 3.06. The van der Waals surface area contributed by atoms with Gasteiger partial charge in [-0.05, 0) is 65.5 Å². The second kappa shape index (κ2) is 11.2. The molecule has 0 radical (unpaired) electrons. The Morgan fingerprint density at radius 3 is 2.39 bits per heavy atom. The molecule has 7 nitrogen and oxygen atoms in total. The molecule has 1 aliphatic carbocycles. The second-order valence-electron chi connectivity index (χ2n) is 10.8. The summed E-state index contributed by atoms with van der Waals surface area (Å²) in [4.78, 5) is 31.9. The van der Waals surface area contributed by atoms with Gasteiger partial charge in [-0.2, -0.15) is 0 Å². The third-order valence-electron chi connectivity index (χ3n) is 7.09. The molecule has 1 amide bonds. The molecule has 2 N–H and O–H groups in total. The molecule has 0 aromatic heterocycles. The number of rotatable bonds is 10. The lowest BCUT2D eigenvalue weighted by Gasteiger charge is -2.42. The minimum absolute atomic E-state index is 0.000403. The van der Waals surface area contributed by atoms with Gasteiger partial charge in [0, 0.05) is 12.1 Å². The molecule has 3 rings (SSSR count). The Morgan fingerprint density at radius 1 is 1.06 bits per heavy atom. The number of benzene rings is 2. The van der Waals surface area contributed by atoms with Gasteiger partial charge in [0.25, 0.3) is 5.91 Å². The number of aliphatic hydroxyl groups excluding tert-OH is 1. The SMILES string of the molecule is CCCCCC(O)ON=CC(=O)N(c1ccc2c(c1)C(C)(C)CCC2(C)C)c1ccccc1C(=O)O. The van der Waals surface area contributed by atoms with Crippen LogP contribution in [0.5, 0.6) is 0 Å². The number of aliphatic hydroxyl groups is 1. The molecule has 2 aromatic carbocycles. The van der Waals surface area contributed by atoms with E-state index >= 15 is 0 Å². The third-order valence-corrected chi connectivity index (χ3v) is 7.09. The number of nitrogens with zero attached hydrogens (tertiary/aromatic N) is 2. The Morgan fingerprint density at radius 2 is 1.72 bits per heavy atom. The average Bonchev–Trinajstić information content (AvgIpc) is 2.83. The van der Waals surface area contributed by atoms with E-state index in [0.717, 1.165) is 43.9 Å². The van der Waals surface area contributed by atoms with Crippen molar-refractivity contribution in [2.75, 3.05) is 4.90 Å². The second-order valence-corrected chi connectivity index (χ2v) is 10.8. The molecule has 36 heavy (non-hydrogen) atoms. The van der Waals surface area contributed by atoms with Crippen molar-refractivity contribution in [2.45, 2.75) is 90.3 Å². The van der Waals surface area contributed by atoms with Crippen LogP contribution in [-0.2, 0) is 20.5 Å². The maximum absolute atomic E-state index is 13.4. The fourth-order valence-corrected chi connectivity index (χ4v) is 4.78. The van der Waals surface area contributed by atoms with Gasteiger partial charge < -0.3 is 15.1 Å². The van der Waals surface area contributed by atoms with E-state index in [9.17, 15) is 19.8 Å². The highest BCUT2D eigenvalue weighted by atomic mass is 16.7. The van der Waals surface area contributed by atoms with Gasteiger partial charge in [0.1, 0.15) is 6.21 Å². The van der Waals surface area contributed by atoms with Crippen molar-refractivity contribution in [3.8, 4) is 0 Å². The van der Waals surface area contributed by atoms with E-state index in [4.69, 9.17) is 4.84 Å². The molecular formula is C29H38N2O5. The largest absolute Gasteiger partial charge is 0.478 e. The van der Waals surface area contributed by atoms with E-state index in [1.54, 1.807) is 18.2 Å². The van der Waals surface area contributed by atoms with Crippen molar-refractivity contribution in [1.29, 1.82) is 0 Å². The fourth-order valence-electron chi connectivity index (χ4n) is 4.78. The zero-order chi connectivity index (χ0) is 26.5. The Balaban J connectivity index is 2.02. The van der Waals surface area contributed by atoms with Crippen molar-refractivity contribution >= 4 is 29.5 Å². The van der Waals surface area contributed by atoms with Crippen LogP contribution in [0, 0.1) is 0 Å². The first-order valence-corrected chi connectivity index (χ1v) is 12.7. The van der Waals surface area contributed by atoms with E-state index < -0.39 is 18.2 Å². The predicted octanol–water partition coefficient (Wildman–Crippen LogP) is 6.30. The molecule has 0 heterocycles. The first kappa shape index (κ1) is 27.4. The number of anilines is 2. The maximum atomic E-state index is 13.4. The van der Waals surface area contributed by atoms with Crippen molar-refractivity contribution in [2.24, 2.45) is 5.16 Å². The molecule has 0 saturated heterocycles. The number of carbonyl (C=O) groups is 2. The maximum Gasteiger partial charge on any atom is 0.337 e. The first-order valence-electron chi connectivity index (χ1n) is 12.7. The zero-order valence-corrected chi connectivity index (χ0v) is 22.0. The van der Waals surface area contributed by atoms with Crippen molar-refractivity contribution in [1.82, 2.24) is 0 Å². The van der Waals surface area contributed by atoms with Gasteiger partial charge in [-0.3, -0.25) is 9.69 Å². The molecule has 0 bridgehead atoms. The number of carboxylic acid groups (broad SMARTS) is 1. The summed E-state index contributed by atoms with van der Waals surface area (Å²) in [5.74, 6) is -1.71. The quantitative estimate of drug-likeness (QED) is 0.175. The smallest absolute Gasteiger partial charge is 0.337 e. The average molecular weight is 495 g/mol. The normalized spacial score (nSPS) is 16.8. The van der Waals surface area contributed by atoms with Gasteiger partial charge in [-0.15, -0.1) is 0 Å². The number of oxime groups is 1. The number of para-hydroxylation sites is 1. The lowest BCUT2D eigenvalue weighted by Crippen LogP contribution is -2.35. The Labute approximate surface area is 213 Å². The topological polar surface area (TPSA) is 99.4 Å². The Bertz CT molecular complexity index is 1120. The molecule has 0 saturated carbocycles. The molecule has 1 atom stereocenters. The number of carbonyl (C=O) groups excluding carboxylic acids is 1. The highest BCUT2D eigenvalue weighted by molar-refractivity contribution is 6.35. The molecule has 1 aliphatic rings. The van der Waals surface area contributed by atoms with Crippen LogP contribution >= 0.6 is 0 Å². The fraction of sp³-hybridized carbons (Fsp3) is 0.483. The lowest BCUT2D eigenvalue weighted by atomic mass is 9.63. The van der Waals surface area contributed by atoms with Gasteiger partial charge in [0.15, 0.2) is 0 Å². The number of fused-ring (bicyclic) bond motifs is 1. The highest BCUT2D eigenvalue weighted by Gasteiger charge is 2.37. The summed E-state index contributed by atoms with van der Waals surface area (Å²) in [5, 5.41) is 23.5. The standard InChI is InChI=1S/C29H38N2O5/c1-6-7-8-13-26(33)36-30-19-25(32)31(24-12-10-9-11-21(24)27(34)35)20-14-15-22-23(18-20)29(4,5)17-16-28(22,2)3/h9-12,14-15,18-19,26,33H,6-8,13,16-17H2,1-5H3,(H,34,35). The summed E-state index contributed by atoms with van der Waals surface area (Å²) in [6.45, 7) is 10.9. The summed E-state index contributed by atoms with van der Waals surface area (Å²) in [6, 6.07) is 12.3. The highest BCUT2D eigenvalue weighted by Crippen LogP contribution is 2.47. The van der Waals surface area contributed by atoms with E-state index in [-0.39, 0.29) is 22.1 Å². The van der Waals surface area contributed by atoms with Crippen LogP contribution in [0.2, 0.25) is 0 Å². The van der Waals surface area contributed by atoms with Crippen LogP contribution in [0.4, 0.5) is 11.4 Å². The van der Waals surface area contributed by atoms with Crippen LogP contribution in [0.25, 0.3) is 0 Å². The van der Waals surface area contributed by atoms with Gasteiger partial charge in [-0.1, -0.05) is 70.8 Å². The number of carboxylic acids is 1. The minimum atomic E-state index is -1.14. The van der Waals surface area contributed by atoms with Crippen molar-refractivity contribution in [3.63, 3.8) is 0 Å².